The van der Waals surface area contributed by atoms with Crippen molar-refractivity contribution in [3.05, 3.63) is 52.4 Å². The van der Waals surface area contributed by atoms with E-state index in [0.717, 1.165) is 10.9 Å². The molecule has 0 amide bonds. The van der Waals surface area contributed by atoms with Gasteiger partial charge < -0.3 is 14.3 Å². The van der Waals surface area contributed by atoms with Crippen LogP contribution in [0.3, 0.4) is 0 Å². The van der Waals surface area contributed by atoms with Crippen molar-refractivity contribution in [2.24, 2.45) is 0 Å². The van der Waals surface area contributed by atoms with Gasteiger partial charge in [0.2, 0.25) is 0 Å². The van der Waals surface area contributed by atoms with Gasteiger partial charge in [0, 0.05) is 28.9 Å². The van der Waals surface area contributed by atoms with Crippen molar-refractivity contribution in [3.63, 3.8) is 0 Å². The summed E-state index contributed by atoms with van der Waals surface area (Å²) >= 11 is 0. The van der Waals surface area contributed by atoms with Crippen LogP contribution in [0.4, 0.5) is 0 Å². The van der Waals surface area contributed by atoms with Crippen LogP contribution in [0.15, 0.2) is 40.1 Å². The Morgan fingerprint density at radius 2 is 2.04 bits per heavy atom. The van der Waals surface area contributed by atoms with Gasteiger partial charge in [0.1, 0.15) is 16.9 Å². The summed E-state index contributed by atoms with van der Waals surface area (Å²) in [6.45, 7) is 11.3. The van der Waals surface area contributed by atoms with Gasteiger partial charge in [0.15, 0.2) is 0 Å². The molecule has 1 aromatic heterocycles. The van der Waals surface area contributed by atoms with Gasteiger partial charge in [0.05, 0.1) is 6.10 Å². The van der Waals surface area contributed by atoms with Crippen molar-refractivity contribution in [2.75, 3.05) is 0 Å². The van der Waals surface area contributed by atoms with Crippen LogP contribution < -0.4 is 10.4 Å². The minimum atomic E-state index is -0.661. The Balaban J connectivity index is 2.20. The van der Waals surface area contributed by atoms with Gasteiger partial charge >= 0.3 is 5.63 Å². The fourth-order valence-electron chi connectivity index (χ4n) is 2.81. The first-order valence-corrected chi connectivity index (χ1v) is 7.76. The summed E-state index contributed by atoms with van der Waals surface area (Å²) in [5.74, 6) is 0.659. The zero-order valence-electron chi connectivity index (χ0n) is 14.0. The van der Waals surface area contributed by atoms with Crippen molar-refractivity contribution in [1.29, 1.82) is 0 Å². The molecule has 0 radical (unpaired) electrons. The number of hydrogen-bond acceptors (Lipinski definition) is 4. The van der Waals surface area contributed by atoms with Crippen LogP contribution in [0.5, 0.6) is 5.75 Å². The van der Waals surface area contributed by atoms with Crippen LogP contribution in [-0.2, 0) is 11.8 Å². The SMILES string of the molecule is C=CC(C)(C)c1cc2cc3c(cc2oc1=O)OC(C)(C)C(O)C3. The molecule has 0 fully saturated rings. The highest BCUT2D eigenvalue weighted by molar-refractivity contribution is 5.80. The van der Waals surface area contributed by atoms with E-state index in [-0.39, 0.29) is 5.63 Å². The van der Waals surface area contributed by atoms with Crippen molar-refractivity contribution in [3.8, 4) is 5.75 Å². The van der Waals surface area contributed by atoms with Crippen molar-refractivity contribution in [2.45, 2.75) is 51.2 Å². The first kappa shape index (κ1) is 15.8. The minimum Gasteiger partial charge on any atom is -0.485 e. The molecular formula is C19H22O4. The normalized spacial score (nSPS) is 20.0. The molecule has 0 saturated heterocycles. The Bertz CT molecular complexity index is 842. The molecule has 1 atom stereocenters. The molecule has 4 heteroatoms. The van der Waals surface area contributed by atoms with Gasteiger partial charge in [0.25, 0.3) is 0 Å². The number of ether oxygens (including phenoxy) is 1. The molecule has 1 unspecified atom stereocenters. The summed E-state index contributed by atoms with van der Waals surface area (Å²) in [5, 5.41) is 11.0. The Hall–Kier alpha value is -2.07. The van der Waals surface area contributed by atoms with E-state index in [0.29, 0.717) is 23.3 Å². The average molecular weight is 314 g/mol. The Labute approximate surface area is 135 Å². The lowest BCUT2D eigenvalue weighted by atomic mass is 9.85. The van der Waals surface area contributed by atoms with E-state index in [9.17, 15) is 9.90 Å². The highest BCUT2D eigenvalue weighted by atomic mass is 16.5. The molecule has 1 N–H and O–H groups in total. The van der Waals surface area contributed by atoms with Gasteiger partial charge in [-0.05, 0) is 31.5 Å². The molecule has 0 bridgehead atoms. The molecule has 2 heterocycles. The zero-order valence-corrected chi connectivity index (χ0v) is 14.0. The summed E-state index contributed by atoms with van der Waals surface area (Å²) in [6, 6.07) is 5.51. The van der Waals surface area contributed by atoms with E-state index in [2.05, 4.69) is 6.58 Å². The monoisotopic (exact) mass is 314 g/mol. The van der Waals surface area contributed by atoms with Crippen LogP contribution >= 0.6 is 0 Å². The predicted molar refractivity (Wildman–Crippen MR) is 90.1 cm³/mol. The zero-order chi connectivity index (χ0) is 17.0. The highest BCUT2D eigenvalue weighted by Gasteiger charge is 2.36. The molecular weight excluding hydrogens is 292 g/mol. The number of hydrogen-bond donors (Lipinski definition) is 1. The van der Waals surface area contributed by atoms with Crippen molar-refractivity contribution >= 4 is 11.0 Å². The second-order valence-corrected chi connectivity index (χ2v) is 7.30. The maximum Gasteiger partial charge on any atom is 0.340 e. The van der Waals surface area contributed by atoms with E-state index in [1.807, 2.05) is 39.8 Å². The predicted octanol–water partition coefficient (Wildman–Crippen LogP) is 3.33. The fourth-order valence-corrected chi connectivity index (χ4v) is 2.81. The van der Waals surface area contributed by atoms with Crippen LogP contribution in [0, 0.1) is 0 Å². The molecule has 4 nitrogen and oxygen atoms in total. The maximum absolute atomic E-state index is 12.3. The summed E-state index contributed by atoms with van der Waals surface area (Å²) in [7, 11) is 0. The van der Waals surface area contributed by atoms with Gasteiger partial charge in [-0.15, -0.1) is 6.58 Å². The third-order valence-corrected chi connectivity index (χ3v) is 4.71. The Morgan fingerprint density at radius 1 is 1.35 bits per heavy atom. The molecule has 1 aliphatic rings. The third kappa shape index (κ3) is 2.57. The molecule has 122 valence electrons. The fraction of sp³-hybridized carbons (Fsp3) is 0.421. The lowest BCUT2D eigenvalue weighted by molar-refractivity contribution is -0.0410. The van der Waals surface area contributed by atoms with Crippen molar-refractivity contribution < 1.29 is 14.3 Å². The standard InChI is InChI=1S/C19H22O4/c1-6-18(2,3)13-8-11-7-12-9-16(20)19(4,5)23-15(12)10-14(11)22-17(13)21/h6-8,10,16,20H,1,9H2,2-5H3. The largest absolute Gasteiger partial charge is 0.485 e. The van der Waals surface area contributed by atoms with E-state index < -0.39 is 17.1 Å². The molecule has 0 saturated carbocycles. The number of rotatable bonds is 2. The first-order valence-electron chi connectivity index (χ1n) is 7.76. The summed E-state index contributed by atoms with van der Waals surface area (Å²) < 4.78 is 11.4. The minimum absolute atomic E-state index is 0.363. The molecule has 23 heavy (non-hydrogen) atoms. The molecule has 3 rings (SSSR count). The second-order valence-electron chi connectivity index (χ2n) is 7.30. The third-order valence-electron chi connectivity index (χ3n) is 4.71. The lowest BCUT2D eigenvalue weighted by Gasteiger charge is -2.37. The number of fused-ring (bicyclic) bond motifs is 2. The highest BCUT2D eigenvalue weighted by Crippen LogP contribution is 2.36. The topological polar surface area (TPSA) is 59.7 Å². The summed E-state index contributed by atoms with van der Waals surface area (Å²) in [5.41, 5.74) is 0.481. The average Bonchev–Trinajstić information content (AvgIpc) is 2.46. The van der Waals surface area contributed by atoms with Crippen LogP contribution in [0.2, 0.25) is 0 Å². The van der Waals surface area contributed by atoms with E-state index in [1.165, 1.54) is 0 Å². The first-order chi connectivity index (χ1) is 10.6. The molecule has 1 aliphatic heterocycles. The van der Waals surface area contributed by atoms with E-state index >= 15 is 0 Å². The van der Waals surface area contributed by atoms with Crippen LogP contribution in [0.25, 0.3) is 11.0 Å². The summed E-state index contributed by atoms with van der Waals surface area (Å²) in [6.07, 6.45) is 1.67. The van der Waals surface area contributed by atoms with Crippen molar-refractivity contribution in [1.82, 2.24) is 0 Å². The van der Waals surface area contributed by atoms with Gasteiger partial charge in [-0.25, -0.2) is 4.79 Å². The van der Waals surface area contributed by atoms with E-state index in [1.54, 1.807) is 12.1 Å². The van der Waals surface area contributed by atoms with Crippen LogP contribution in [-0.4, -0.2) is 16.8 Å². The molecule has 0 aliphatic carbocycles. The molecule has 1 aromatic carbocycles. The van der Waals surface area contributed by atoms with Gasteiger partial charge in [-0.3, -0.25) is 0 Å². The molecule has 0 spiro atoms. The Kier molecular flexibility index (Phi) is 3.41. The number of aliphatic hydroxyl groups excluding tert-OH is 1. The van der Waals surface area contributed by atoms with Gasteiger partial charge in [-0.2, -0.15) is 0 Å². The Morgan fingerprint density at radius 3 is 2.70 bits per heavy atom. The maximum atomic E-state index is 12.3. The molecule has 2 aromatic rings. The number of aliphatic hydroxyl groups is 1. The van der Waals surface area contributed by atoms with E-state index in [4.69, 9.17) is 9.15 Å². The smallest absolute Gasteiger partial charge is 0.340 e. The quantitative estimate of drug-likeness (QED) is 0.682. The second kappa shape index (κ2) is 4.96. The number of benzene rings is 1. The number of allylic oxidation sites excluding steroid dienone is 1. The van der Waals surface area contributed by atoms with Crippen LogP contribution in [0.1, 0.15) is 38.8 Å². The lowest BCUT2D eigenvalue weighted by Crippen LogP contribution is -2.46. The summed E-state index contributed by atoms with van der Waals surface area (Å²) in [4.78, 5) is 12.3. The van der Waals surface area contributed by atoms with Gasteiger partial charge in [-0.1, -0.05) is 19.9 Å².